The van der Waals surface area contributed by atoms with Crippen LogP contribution in [0.25, 0.3) is 16.0 Å². The van der Waals surface area contributed by atoms with Crippen LogP contribution in [0, 0.1) is 13.8 Å². The van der Waals surface area contributed by atoms with E-state index in [1.54, 1.807) is 42.5 Å². The van der Waals surface area contributed by atoms with Crippen molar-refractivity contribution in [3.63, 3.8) is 0 Å². The molecule has 0 radical (unpaired) electrons. The second-order valence-electron chi connectivity index (χ2n) is 8.72. The van der Waals surface area contributed by atoms with Crippen LogP contribution in [-0.4, -0.2) is 36.0 Å². The number of ketones is 1. The van der Waals surface area contributed by atoms with E-state index >= 15 is 0 Å². The van der Waals surface area contributed by atoms with Gasteiger partial charge in [-0.15, -0.1) is 0 Å². The first-order valence-electron chi connectivity index (χ1n) is 11.4. The summed E-state index contributed by atoms with van der Waals surface area (Å²) >= 11 is 7.34. The number of benzene rings is 3. The van der Waals surface area contributed by atoms with Crippen molar-refractivity contribution in [1.82, 2.24) is 4.98 Å². The fourth-order valence-electron chi connectivity index (χ4n) is 4.59. The Kier molecular flexibility index (Phi) is 6.39. The van der Waals surface area contributed by atoms with Crippen molar-refractivity contribution < 1.29 is 24.2 Å². The number of methoxy groups -OCH3 is 2. The molecule has 37 heavy (non-hydrogen) atoms. The highest BCUT2D eigenvalue weighted by atomic mass is 35.5. The number of hydrogen-bond donors (Lipinski definition) is 1. The number of Topliss-reactive ketones (excluding diaryl/α,β-unsaturated/α-hetero) is 1. The minimum Gasteiger partial charge on any atom is -0.507 e. The van der Waals surface area contributed by atoms with Crippen molar-refractivity contribution in [2.24, 2.45) is 0 Å². The molecular formula is C28H23ClN2O5S. The number of thiazole rings is 1. The summed E-state index contributed by atoms with van der Waals surface area (Å²) in [7, 11) is 3.03. The Balaban J connectivity index is 1.76. The quantitative estimate of drug-likeness (QED) is 0.186. The van der Waals surface area contributed by atoms with E-state index in [-0.39, 0.29) is 11.3 Å². The monoisotopic (exact) mass is 534 g/mol. The number of carbonyl (C=O) groups is 2. The lowest BCUT2D eigenvalue weighted by Gasteiger charge is -2.23. The highest BCUT2D eigenvalue weighted by Crippen LogP contribution is 2.46. The zero-order chi connectivity index (χ0) is 26.4. The maximum absolute atomic E-state index is 13.5. The van der Waals surface area contributed by atoms with E-state index in [2.05, 4.69) is 0 Å². The predicted molar refractivity (Wildman–Crippen MR) is 145 cm³/mol. The second-order valence-corrected chi connectivity index (χ2v) is 10.2. The Morgan fingerprint density at radius 1 is 1.00 bits per heavy atom. The highest BCUT2D eigenvalue weighted by molar-refractivity contribution is 7.22. The van der Waals surface area contributed by atoms with E-state index in [4.69, 9.17) is 26.1 Å². The van der Waals surface area contributed by atoms with E-state index < -0.39 is 17.7 Å². The summed E-state index contributed by atoms with van der Waals surface area (Å²) in [4.78, 5) is 33.1. The maximum Gasteiger partial charge on any atom is 0.301 e. The Hall–Kier alpha value is -3.88. The fraction of sp³-hybridized carbons (Fsp3) is 0.179. The van der Waals surface area contributed by atoms with E-state index in [1.807, 2.05) is 26.0 Å². The summed E-state index contributed by atoms with van der Waals surface area (Å²) < 4.78 is 11.8. The second kappa shape index (κ2) is 9.53. The van der Waals surface area contributed by atoms with E-state index in [0.717, 1.165) is 21.3 Å². The Morgan fingerprint density at radius 3 is 2.38 bits per heavy atom. The molecule has 2 heterocycles. The third-order valence-corrected chi connectivity index (χ3v) is 7.56. The van der Waals surface area contributed by atoms with Crippen LogP contribution in [0.2, 0.25) is 5.02 Å². The molecule has 0 unspecified atom stereocenters. The number of aromatic nitrogens is 1. The third-order valence-electron chi connectivity index (χ3n) is 6.31. The summed E-state index contributed by atoms with van der Waals surface area (Å²) in [5, 5.41) is 12.1. The summed E-state index contributed by atoms with van der Waals surface area (Å²) in [6, 6.07) is 14.6. The molecule has 0 saturated carbocycles. The van der Waals surface area contributed by atoms with E-state index in [9.17, 15) is 14.7 Å². The molecule has 188 valence electrons. The highest BCUT2D eigenvalue weighted by Gasteiger charge is 2.48. The molecule has 0 bridgehead atoms. The van der Waals surface area contributed by atoms with Crippen molar-refractivity contribution in [3.05, 3.63) is 87.4 Å². The number of rotatable bonds is 5. The lowest BCUT2D eigenvalue weighted by atomic mass is 9.95. The van der Waals surface area contributed by atoms with Gasteiger partial charge in [0.05, 0.1) is 36.1 Å². The molecule has 1 atom stereocenters. The summed E-state index contributed by atoms with van der Waals surface area (Å²) in [6.07, 6.45) is 0. The van der Waals surface area contributed by atoms with Gasteiger partial charge in [0, 0.05) is 10.6 Å². The number of ether oxygens (including phenoxy) is 2. The van der Waals surface area contributed by atoms with E-state index in [1.165, 1.54) is 30.5 Å². The van der Waals surface area contributed by atoms with Gasteiger partial charge < -0.3 is 14.6 Å². The molecule has 9 heteroatoms. The number of aryl methyl sites for hydroxylation is 2. The molecule has 5 rings (SSSR count). The van der Waals surface area contributed by atoms with Crippen molar-refractivity contribution in [2.75, 3.05) is 19.1 Å². The van der Waals surface area contributed by atoms with Gasteiger partial charge in [0.1, 0.15) is 5.76 Å². The zero-order valence-corrected chi connectivity index (χ0v) is 22.1. The molecule has 0 aliphatic carbocycles. The normalized spacial score (nSPS) is 17.0. The third kappa shape index (κ3) is 4.22. The van der Waals surface area contributed by atoms with Crippen LogP contribution >= 0.6 is 22.9 Å². The van der Waals surface area contributed by atoms with Crippen LogP contribution in [-0.2, 0) is 9.59 Å². The summed E-state index contributed by atoms with van der Waals surface area (Å²) in [5.74, 6) is -0.964. The lowest BCUT2D eigenvalue weighted by molar-refractivity contribution is -0.132. The number of hydrogen-bond acceptors (Lipinski definition) is 7. The van der Waals surface area contributed by atoms with Crippen LogP contribution in [0.5, 0.6) is 11.5 Å². The average molecular weight is 535 g/mol. The molecule has 0 spiro atoms. The first kappa shape index (κ1) is 24.8. The average Bonchev–Trinajstić information content (AvgIpc) is 3.42. The molecule has 7 nitrogen and oxygen atoms in total. The van der Waals surface area contributed by atoms with Crippen molar-refractivity contribution >= 4 is 55.7 Å². The summed E-state index contributed by atoms with van der Waals surface area (Å²) in [6.45, 7) is 3.95. The van der Waals surface area contributed by atoms with Crippen LogP contribution in [0.3, 0.4) is 0 Å². The van der Waals surface area contributed by atoms with Crippen LogP contribution in [0.1, 0.15) is 28.3 Å². The molecular weight excluding hydrogens is 512 g/mol. The number of aliphatic hydroxyl groups is 1. The molecule has 1 aliphatic heterocycles. The van der Waals surface area contributed by atoms with Gasteiger partial charge in [-0.05, 0) is 73.0 Å². The number of halogens is 1. The number of anilines is 1. The number of fused-ring (bicyclic) bond motifs is 1. The fourth-order valence-corrected chi connectivity index (χ4v) is 5.89. The molecule has 3 aromatic carbocycles. The number of aliphatic hydroxyl groups excluding tert-OH is 1. The van der Waals surface area contributed by atoms with Gasteiger partial charge in [-0.3, -0.25) is 14.5 Å². The largest absolute Gasteiger partial charge is 0.507 e. The molecule has 1 amide bonds. The van der Waals surface area contributed by atoms with Gasteiger partial charge in [0.15, 0.2) is 16.6 Å². The van der Waals surface area contributed by atoms with Crippen LogP contribution in [0.4, 0.5) is 5.13 Å². The first-order valence-corrected chi connectivity index (χ1v) is 12.6. The molecule has 1 aliphatic rings. The van der Waals surface area contributed by atoms with Crippen molar-refractivity contribution in [2.45, 2.75) is 19.9 Å². The lowest BCUT2D eigenvalue weighted by Crippen LogP contribution is -2.29. The van der Waals surface area contributed by atoms with Crippen molar-refractivity contribution in [3.8, 4) is 11.5 Å². The maximum atomic E-state index is 13.5. The molecule has 1 saturated heterocycles. The topological polar surface area (TPSA) is 89.0 Å². The minimum absolute atomic E-state index is 0.0494. The zero-order valence-electron chi connectivity index (χ0n) is 20.5. The van der Waals surface area contributed by atoms with Gasteiger partial charge in [-0.1, -0.05) is 35.1 Å². The Labute approximate surface area is 222 Å². The molecule has 1 fully saturated rings. The van der Waals surface area contributed by atoms with Crippen LogP contribution in [0.15, 0.2) is 60.2 Å². The van der Waals surface area contributed by atoms with Gasteiger partial charge in [-0.2, -0.15) is 0 Å². The van der Waals surface area contributed by atoms with Gasteiger partial charge in [-0.25, -0.2) is 4.98 Å². The molecule has 4 aromatic rings. The minimum atomic E-state index is -0.947. The van der Waals surface area contributed by atoms with Crippen LogP contribution < -0.4 is 14.4 Å². The molecule has 1 aromatic heterocycles. The number of amides is 1. The van der Waals surface area contributed by atoms with Gasteiger partial charge in [0.2, 0.25) is 0 Å². The predicted octanol–water partition coefficient (Wildman–Crippen LogP) is 6.21. The standard InChI is InChI=1S/C28H23ClN2O5S/c1-14-11-15(2)23-21(12-14)37-28(30-23)31-24(17-7-10-19(35-3)20(13-17)36-4)22(26(33)27(31)34)25(32)16-5-8-18(29)9-6-16/h5-13,24,32H,1-4H3/t24-/m0/s1. The smallest absolute Gasteiger partial charge is 0.301 e. The van der Waals surface area contributed by atoms with Crippen molar-refractivity contribution in [1.29, 1.82) is 0 Å². The Morgan fingerprint density at radius 2 is 1.70 bits per heavy atom. The Bertz CT molecular complexity index is 1590. The summed E-state index contributed by atoms with van der Waals surface area (Å²) in [5.41, 5.74) is 3.67. The van der Waals surface area contributed by atoms with E-state index in [0.29, 0.717) is 32.8 Å². The molecule has 1 N–H and O–H groups in total. The first-order chi connectivity index (χ1) is 17.7. The number of nitrogens with zero attached hydrogens (tertiary/aromatic N) is 2. The van der Waals surface area contributed by atoms with Gasteiger partial charge in [0.25, 0.3) is 5.78 Å². The van der Waals surface area contributed by atoms with Gasteiger partial charge >= 0.3 is 5.91 Å². The number of carbonyl (C=O) groups excluding carboxylic acids is 2. The SMILES string of the molecule is COc1ccc([C@H]2C(=C(O)c3ccc(Cl)cc3)C(=O)C(=O)N2c2nc3c(C)cc(C)cc3s2)cc1OC.